The maximum absolute atomic E-state index is 11.0. The number of nitrogens with one attached hydrogen (secondary N) is 1. The Morgan fingerprint density at radius 2 is 2.35 bits per heavy atom. The van der Waals surface area contributed by atoms with Crippen molar-refractivity contribution in [3.05, 3.63) is 43.9 Å². The Kier molecular flexibility index (Phi) is 4.91. The van der Waals surface area contributed by atoms with Gasteiger partial charge in [0.05, 0.1) is 9.80 Å². The predicted octanol–water partition coefficient (Wildman–Crippen LogP) is 3.82. The van der Waals surface area contributed by atoms with E-state index in [0.717, 1.165) is 16.6 Å². The van der Waals surface area contributed by atoms with Gasteiger partial charge in [-0.15, -0.1) is 0 Å². The third-order valence-electron chi connectivity index (χ3n) is 2.37. The minimum Gasteiger partial charge on any atom is -0.481 e. The SMILES string of the molecule is CCNc1ncc(COc2ccc(Br)cc2[N+](=O)[O-])s1. The van der Waals surface area contributed by atoms with Gasteiger partial charge in [0.1, 0.15) is 6.61 Å². The number of nitro groups is 1. The summed E-state index contributed by atoms with van der Waals surface area (Å²) in [5.41, 5.74) is -0.0594. The molecule has 2 aromatic rings. The summed E-state index contributed by atoms with van der Waals surface area (Å²) in [7, 11) is 0. The van der Waals surface area contributed by atoms with Crippen LogP contribution >= 0.6 is 27.3 Å². The summed E-state index contributed by atoms with van der Waals surface area (Å²) >= 11 is 4.67. The molecule has 6 nitrogen and oxygen atoms in total. The number of benzene rings is 1. The molecule has 0 radical (unpaired) electrons. The summed E-state index contributed by atoms with van der Waals surface area (Å²) in [4.78, 5) is 15.6. The summed E-state index contributed by atoms with van der Waals surface area (Å²) in [6.07, 6.45) is 1.70. The van der Waals surface area contributed by atoms with Gasteiger partial charge in [-0.2, -0.15) is 0 Å². The first-order chi connectivity index (χ1) is 9.60. The number of anilines is 1. The quantitative estimate of drug-likeness (QED) is 0.627. The molecule has 0 bridgehead atoms. The normalized spacial score (nSPS) is 10.3. The highest BCUT2D eigenvalue weighted by Crippen LogP contribution is 2.31. The van der Waals surface area contributed by atoms with E-state index in [-0.39, 0.29) is 18.0 Å². The van der Waals surface area contributed by atoms with Crippen LogP contribution in [0.15, 0.2) is 28.9 Å². The lowest BCUT2D eigenvalue weighted by atomic mass is 10.3. The summed E-state index contributed by atoms with van der Waals surface area (Å²) in [5.74, 6) is 0.247. The van der Waals surface area contributed by atoms with Crippen LogP contribution in [0.1, 0.15) is 11.8 Å². The fourth-order valence-corrected chi connectivity index (χ4v) is 2.65. The van der Waals surface area contributed by atoms with Crippen LogP contribution in [0.25, 0.3) is 0 Å². The topological polar surface area (TPSA) is 77.3 Å². The van der Waals surface area contributed by atoms with Crippen LogP contribution in [0.2, 0.25) is 0 Å². The van der Waals surface area contributed by atoms with E-state index in [2.05, 4.69) is 26.2 Å². The molecule has 0 saturated carbocycles. The van der Waals surface area contributed by atoms with Crippen molar-refractivity contribution in [3.8, 4) is 5.75 Å². The van der Waals surface area contributed by atoms with Crippen molar-refractivity contribution in [2.45, 2.75) is 13.5 Å². The van der Waals surface area contributed by atoms with E-state index in [1.54, 1.807) is 18.3 Å². The van der Waals surface area contributed by atoms with E-state index in [9.17, 15) is 10.1 Å². The van der Waals surface area contributed by atoms with Crippen molar-refractivity contribution in [1.82, 2.24) is 4.98 Å². The van der Waals surface area contributed by atoms with Crippen molar-refractivity contribution >= 4 is 38.1 Å². The van der Waals surface area contributed by atoms with Crippen LogP contribution < -0.4 is 10.1 Å². The standard InChI is InChI=1S/C12H12BrN3O3S/c1-2-14-12-15-6-9(20-12)7-19-11-4-3-8(13)5-10(11)16(17)18/h3-6H,2,7H2,1H3,(H,14,15). The van der Waals surface area contributed by atoms with E-state index in [1.165, 1.54) is 17.4 Å². The third-order valence-corrected chi connectivity index (χ3v) is 3.79. The number of hydrogen-bond donors (Lipinski definition) is 1. The Morgan fingerprint density at radius 1 is 1.55 bits per heavy atom. The van der Waals surface area contributed by atoms with E-state index in [1.807, 2.05) is 6.92 Å². The van der Waals surface area contributed by atoms with E-state index in [0.29, 0.717) is 4.47 Å². The minimum atomic E-state index is -0.461. The number of ether oxygens (including phenoxy) is 1. The van der Waals surface area contributed by atoms with Crippen molar-refractivity contribution in [1.29, 1.82) is 0 Å². The Bertz CT molecular complexity index is 618. The van der Waals surface area contributed by atoms with Gasteiger partial charge in [0.2, 0.25) is 0 Å². The molecular formula is C12H12BrN3O3S. The van der Waals surface area contributed by atoms with E-state index >= 15 is 0 Å². The maximum Gasteiger partial charge on any atom is 0.312 e. The number of halogens is 1. The minimum absolute atomic E-state index is 0.0594. The van der Waals surface area contributed by atoms with E-state index in [4.69, 9.17) is 4.74 Å². The molecule has 0 amide bonds. The van der Waals surface area contributed by atoms with Crippen LogP contribution in [0.4, 0.5) is 10.8 Å². The predicted molar refractivity (Wildman–Crippen MR) is 81.4 cm³/mol. The molecule has 0 unspecified atom stereocenters. The molecule has 20 heavy (non-hydrogen) atoms. The maximum atomic E-state index is 11.0. The molecule has 0 aliphatic rings. The molecule has 1 aromatic carbocycles. The van der Waals surface area contributed by atoms with E-state index < -0.39 is 4.92 Å². The molecule has 2 rings (SSSR count). The van der Waals surface area contributed by atoms with Gasteiger partial charge < -0.3 is 10.1 Å². The highest BCUT2D eigenvalue weighted by molar-refractivity contribution is 9.10. The van der Waals surface area contributed by atoms with Crippen LogP contribution in [0, 0.1) is 10.1 Å². The van der Waals surface area contributed by atoms with Gasteiger partial charge in [0, 0.05) is 23.3 Å². The number of nitrogens with zero attached hydrogens (tertiary/aromatic N) is 2. The van der Waals surface area contributed by atoms with Gasteiger partial charge in [-0.05, 0) is 19.1 Å². The molecule has 1 heterocycles. The highest BCUT2D eigenvalue weighted by atomic mass is 79.9. The highest BCUT2D eigenvalue weighted by Gasteiger charge is 2.16. The Labute approximate surface area is 128 Å². The van der Waals surface area contributed by atoms with Gasteiger partial charge in [0.15, 0.2) is 10.9 Å². The number of aromatic nitrogens is 1. The number of thiazole rings is 1. The monoisotopic (exact) mass is 357 g/mol. The number of hydrogen-bond acceptors (Lipinski definition) is 6. The Hall–Kier alpha value is -1.67. The van der Waals surface area contributed by atoms with Crippen LogP contribution in [0.5, 0.6) is 5.75 Å². The average Bonchev–Trinajstić information content (AvgIpc) is 2.85. The molecule has 0 atom stereocenters. The summed E-state index contributed by atoms with van der Waals surface area (Å²) < 4.78 is 6.15. The van der Waals surface area contributed by atoms with Crippen LogP contribution in [-0.2, 0) is 6.61 Å². The van der Waals surface area contributed by atoms with Gasteiger partial charge >= 0.3 is 5.69 Å². The summed E-state index contributed by atoms with van der Waals surface area (Å²) in [6.45, 7) is 3.04. The van der Waals surface area contributed by atoms with Crippen LogP contribution in [-0.4, -0.2) is 16.5 Å². The summed E-state index contributed by atoms with van der Waals surface area (Å²) in [6, 6.07) is 4.71. The zero-order valence-corrected chi connectivity index (χ0v) is 13.0. The Morgan fingerprint density at radius 3 is 3.05 bits per heavy atom. The molecular weight excluding hydrogens is 346 g/mol. The molecule has 8 heteroatoms. The lowest BCUT2D eigenvalue weighted by Crippen LogP contribution is -1.97. The zero-order chi connectivity index (χ0) is 14.5. The van der Waals surface area contributed by atoms with Crippen molar-refractivity contribution in [2.75, 3.05) is 11.9 Å². The number of nitro benzene ring substituents is 1. The first-order valence-corrected chi connectivity index (χ1v) is 7.46. The number of rotatable bonds is 6. The zero-order valence-electron chi connectivity index (χ0n) is 10.6. The molecule has 0 aliphatic heterocycles. The van der Waals surface area contributed by atoms with Gasteiger partial charge in [-0.1, -0.05) is 27.3 Å². The Balaban J connectivity index is 2.08. The fourth-order valence-electron chi connectivity index (χ4n) is 1.51. The first-order valence-electron chi connectivity index (χ1n) is 5.85. The van der Waals surface area contributed by atoms with Crippen LogP contribution in [0.3, 0.4) is 0 Å². The third kappa shape index (κ3) is 3.67. The molecule has 106 valence electrons. The molecule has 1 N–H and O–H groups in total. The molecule has 0 aliphatic carbocycles. The largest absolute Gasteiger partial charge is 0.481 e. The smallest absolute Gasteiger partial charge is 0.312 e. The average molecular weight is 358 g/mol. The second-order valence-corrected chi connectivity index (χ2v) is 5.85. The molecule has 0 fully saturated rings. The molecule has 0 spiro atoms. The second-order valence-electron chi connectivity index (χ2n) is 3.82. The van der Waals surface area contributed by atoms with Crippen molar-refractivity contribution < 1.29 is 9.66 Å². The second kappa shape index (κ2) is 6.67. The fraction of sp³-hybridized carbons (Fsp3) is 0.250. The lowest BCUT2D eigenvalue weighted by molar-refractivity contribution is -0.386. The lowest BCUT2D eigenvalue weighted by Gasteiger charge is -2.05. The molecule has 0 saturated heterocycles. The van der Waals surface area contributed by atoms with Gasteiger partial charge in [0.25, 0.3) is 0 Å². The van der Waals surface area contributed by atoms with Gasteiger partial charge in [-0.25, -0.2) is 4.98 Å². The first kappa shape index (κ1) is 14.7. The summed E-state index contributed by atoms with van der Waals surface area (Å²) in [5, 5.41) is 14.9. The van der Waals surface area contributed by atoms with Crippen molar-refractivity contribution in [2.24, 2.45) is 0 Å². The van der Waals surface area contributed by atoms with Gasteiger partial charge in [-0.3, -0.25) is 10.1 Å². The van der Waals surface area contributed by atoms with Crippen molar-refractivity contribution in [3.63, 3.8) is 0 Å². The molecule has 1 aromatic heterocycles.